The molecule has 1 saturated carbocycles. The number of esters is 1. The van der Waals surface area contributed by atoms with E-state index in [1.807, 2.05) is 6.07 Å². The molecule has 0 radical (unpaired) electrons. The first-order valence-electron chi connectivity index (χ1n) is 5.73. The Kier molecular flexibility index (Phi) is 4.40. The monoisotopic (exact) mass is 331 g/mol. The third-order valence-corrected chi connectivity index (χ3v) is 4.54. The molecule has 6 heteroatoms. The largest absolute Gasteiger partial charge is 0.469 e. The first-order chi connectivity index (χ1) is 8.60. The van der Waals surface area contributed by atoms with Gasteiger partial charge >= 0.3 is 5.97 Å². The summed E-state index contributed by atoms with van der Waals surface area (Å²) in [6.07, 6.45) is 2.38. The van der Waals surface area contributed by atoms with Crippen LogP contribution in [0.1, 0.15) is 28.9 Å². The van der Waals surface area contributed by atoms with E-state index < -0.39 is 0 Å². The lowest BCUT2D eigenvalue weighted by Gasteiger charge is -2.16. The number of thiophene rings is 1. The predicted molar refractivity (Wildman–Crippen MR) is 72.6 cm³/mol. The minimum absolute atomic E-state index is 0.106. The number of ether oxygens (including phenoxy) is 1. The third kappa shape index (κ3) is 3.55. The van der Waals surface area contributed by atoms with E-state index in [1.54, 1.807) is 6.07 Å². The molecule has 0 bridgehead atoms. The van der Waals surface area contributed by atoms with Gasteiger partial charge in [0.05, 0.1) is 22.2 Å². The van der Waals surface area contributed by atoms with E-state index in [2.05, 4.69) is 26.0 Å². The maximum absolute atomic E-state index is 12.0. The van der Waals surface area contributed by atoms with Crippen molar-refractivity contribution in [1.29, 1.82) is 0 Å². The second-order valence-corrected chi connectivity index (χ2v) is 6.76. The number of carbonyl (C=O) groups excluding carboxylic acids is 2. The van der Waals surface area contributed by atoms with Crippen LogP contribution >= 0.6 is 27.3 Å². The highest BCUT2D eigenvalue weighted by molar-refractivity contribution is 9.11. The molecule has 0 unspecified atom stereocenters. The quantitative estimate of drug-likeness (QED) is 0.843. The molecule has 1 atom stereocenters. The zero-order valence-corrected chi connectivity index (χ0v) is 12.3. The summed E-state index contributed by atoms with van der Waals surface area (Å²) in [7, 11) is 1.37. The number of methoxy groups -OCH3 is 1. The van der Waals surface area contributed by atoms with Gasteiger partial charge in [-0.3, -0.25) is 9.59 Å². The zero-order chi connectivity index (χ0) is 13.1. The lowest BCUT2D eigenvalue weighted by molar-refractivity contribution is -0.141. The molecule has 0 aliphatic heterocycles. The molecule has 98 valence electrons. The second-order valence-electron chi connectivity index (χ2n) is 4.30. The summed E-state index contributed by atoms with van der Waals surface area (Å²) < 4.78 is 5.57. The van der Waals surface area contributed by atoms with Crippen molar-refractivity contribution in [3.63, 3.8) is 0 Å². The van der Waals surface area contributed by atoms with Crippen LogP contribution in [0.4, 0.5) is 0 Å². The Morgan fingerprint density at radius 1 is 1.56 bits per heavy atom. The van der Waals surface area contributed by atoms with Gasteiger partial charge in [0.25, 0.3) is 5.91 Å². The minimum atomic E-state index is -0.278. The molecule has 18 heavy (non-hydrogen) atoms. The highest BCUT2D eigenvalue weighted by atomic mass is 79.9. The van der Waals surface area contributed by atoms with Crippen LogP contribution < -0.4 is 5.32 Å². The Morgan fingerprint density at radius 2 is 2.28 bits per heavy atom. The first kappa shape index (κ1) is 13.5. The normalized spacial score (nSPS) is 16.1. The number of halogens is 1. The second kappa shape index (κ2) is 5.84. The minimum Gasteiger partial charge on any atom is -0.469 e. The number of hydrogen-bond acceptors (Lipinski definition) is 4. The van der Waals surface area contributed by atoms with Gasteiger partial charge in [0.2, 0.25) is 0 Å². The Morgan fingerprint density at radius 3 is 2.78 bits per heavy atom. The number of nitrogens with one attached hydrogen (secondary N) is 1. The van der Waals surface area contributed by atoms with Crippen molar-refractivity contribution < 1.29 is 14.3 Å². The molecule has 1 aliphatic carbocycles. The standard InChI is InChI=1S/C12H14BrNO3S/c1-17-11(15)6-8(7-2-3-7)14-12(16)9-4-5-10(13)18-9/h4-5,7-8H,2-3,6H2,1H3,(H,14,16)/t8-/m1/s1. The van der Waals surface area contributed by atoms with Crippen LogP contribution in [0.3, 0.4) is 0 Å². The smallest absolute Gasteiger partial charge is 0.307 e. The molecule has 1 amide bonds. The molecule has 1 N–H and O–H groups in total. The van der Waals surface area contributed by atoms with Gasteiger partial charge in [-0.2, -0.15) is 0 Å². The van der Waals surface area contributed by atoms with E-state index in [1.165, 1.54) is 18.4 Å². The zero-order valence-electron chi connectivity index (χ0n) is 9.94. The van der Waals surface area contributed by atoms with Gasteiger partial charge in [0.1, 0.15) is 0 Å². The van der Waals surface area contributed by atoms with Crippen LogP contribution in [0, 0.1) is 5.92 Å². The number of hydrogen-bond donors (Lipinski definition) is 1. The summed E-state index contributed by atoms with van der Waals surface area (Å²) in [5.74, 6) is 0.0162. The first-order valence-corrected chi connectivity index (χ1v) is 7.34. The summed E-state index contributed by atoms with van der Waals surface area (Å²) in [5.41, 5.74) is 0. The van der Waals surface area contributed by atoms with Crippen LogP contribution in [0.15, 0.2) is 15.9 Å². The maximum atomic E-state index is 12.0. The molecule has 0 spiro atoms. The fraction of sp³-hybridized carbons (Fsp3) is 0.500. The molecule has 1 aromatic rings. The summed E-state index contributed by atoms with van der Waals surface area (Å²) in [6.45, 7) is 0. The van der Waals surface area contributed by atoms with Crippen molar-refractivity contribution in [3.05, 3.63) is 20.8 Å². The lowest BCUT2D eigenvalue weighted by Crippen LogP contribution is -2.38. The summed E-state index contributed by atoms with van der Waals surface area (Å²) in [4.78, 5) is 23.9. The Labute approximate surface area is 118 Å². The summed E-state index contributed by atoms with van der Waals surface area (Å²) in [6, 6.07) is 3.50. The third-order valence-electron chi connectivity index (χ3n) is 2.92. The van der Waals surface area contributed by atoms with Crippen molar-refractivity contribution in [2.75, 3.05) is 7.11 Å². The van der Waals surface area contributed by atoms with Gasteiger partial charge in [0, 0.05) is 6.04 Å². The highest BCUT2D eigenvalue weighted by Crippen LogP contribution is 2.34. The van der Waals surface area contributed by atoms with Crippen LogP contribution in [-0.4, -0.2) is 25.0 Å². The van der Waals surface area contributed by atoms with E-state index in [0.29, 0.717) is 10.8 Å². The molecule has 1 heterocycles. The molecule has 1 aromatic heterocycles. The van der Waals surface area contributed by atoms with Gasteiger partial charge in [-0.15, -0.1) is 11.3 Å². The molecule has 0 aromatic carbocycles. The summed E-state index contributed by atoms with van der Waals surface area (Å²) in [5, 5.41) is 2.92. The van der Waals surface area contributed by atoms with Crippen LogP contribution in [-0.2, 0) is 9.53 Å². The van der Waals surface area contributed by atoms with Gasteiger partial charge in [-0.25, -0.2) is 0 Å². The molecule has 2 rings (SSSR count). The van der Waals surface area contributed by atoms with Gasteiger partial charge in [0.15, 0.2) is 0 Å². The molecule has 1 fully saturated rings. The molecular formula is C12H14BrNO3S. The van der Waals surface area contributed by atoms with Crippen LogP contribution in [0.25, 0.3) is 0 Å². The van der Waals surface area contributed by atoms with Crippen LogP contribution in [0.2, 0.25) is 0 Å². The number of rotatable bonds is 5. The van der Waals surface area contributed by atoms with Gasteiger partial charge in [-0.05, 0) is 46.8 Å². The molecular weight excluding hydrogens is 318 g/mol. The predicted octanol–water partition coefficient (Wildman–Crippen LogP) is 2.58. The van der Waals surface area contributed by atoms with Crippen molar-refractivity contribution >= 4 is 39.1 Å². The van der Waals surface area contributed by atoms with Crippen molar-refractivity contribution in [2.45, 2.75) is 25.3 Å². The lowest BCUT2D eigenvalue weighted by atomic mass is 10.1. The Bertz CT molecular complexity index is 456. The topological polar surface area (TPSA) is 55.4 Å². The molecule has 0 saturated heterocycles. The highest BCUT2D eigenvalue weighted by Gasteiger charge is 2.34. The average molecular weight is 332 g/mol. The van der Waals surface area contributed by atoms with E-state index >= 15 is 0 Å². The van der Waals surface area contributed by atoms with Crippen molar-refractivity contribution in [3.8, 4) is 0 Å². The van der Waals surface area contributed by atoms with Crippen LogP contribution in [0.5, 0.6) is 0 Å². The number of amides is 1. The average Bonchev–Trinajstić information content (AvgIpc) is 3.10. The van der Waals surface area contributed by atoms with E-state index in [0.717, 1.165) is 16.6 Å². The Hall–Kier alpha value is -0.880. The van der Waals surface area contributed by atoms with Gasteiger partial charge in [-0.1, -0.05) is 0 Å². The van der Waals surface area contributed by atoms with Crippen molar-refractivity contribution in [2.24, 2.45) is 5.92 Å². The van der Waals surface area contributed by atoms with E-state index in [-0.39, 0.29) is 24.3 Å². The van der Waals surface area contributed by atoms with E-state index in [4.69, 9.17) is 0 Å². The number of carbonyl (C=O) groups is 2. The SMILES string of the molecule is COC(=O)C[C@@H](NC(=O)c1ccc(Br)s1)C1CC1. The summed E-state index contributed by atoms with van der Waals surface area (Å²) >= 11 is 4.71. The fourth-order valence-corrected chi connectivity index (χ4v) is 3.06. The maximum Gasteiger partial charge on any atom is 0.307 e. The van der Waals surface area contributed by atoms with Crippen molar-refractivity contribution in [1.82, 2.24) is 5.32 Å². The van der Waals surface area contributed by atoms with Gasteiger partial charge < -0.3 is 10.1 Å². The molecule has 1 aliphatic rings. The van der Waals surface area contributed by atoms with E-state index in [9.17, 15) is 9.59 Å². The molecule has 4 nitrogen and oxygen atoms in total. The Balaban J connectivity index is 1.96. The fourth-order valence-electron chi connectivity index (χ4n) is 1.77.